The average Bonchev–Trinajstić information content (AvgIpc) is 2.34. The van der Waals surface area contributed by atoms with Gasteiger partial charge >= 0.3 is 6.18 Å². The Morgan fingerprint density at radius 2 is 2.10 bits per heavy atom. The zero-order valence-corrected chi connectivity index (χ0v) is 11.3. The third-order valence-electron chi connectivity index (χ3n) is 2.50. The van der Waals surface area contributed by atoms with E-state index in [1.165, 1.54) is 11.9 Å². The Kier molecular flexibility index (Phi) is 5.18. The number of hydrogen-bond acceptors (Lipinski definition) is 4. The first-order chi connectivity index (χ1) is 9.24. The molecule has 8 heteroatoms. The van der Waals surface area contributed by atoms with Crippen molar-refractivity contribution in [2.45, 2.75) is 19.5 Å². The Morgan fingerprint density at radius 1 is 1.45 bits per heavy atom. The van der Waals surface area contributed by atoms with Gasteiger partial charge in [0.15, 0.2) is 0 Å². The zero-order valence-electron chi connectivity index (χ0n) is 11.3. The summed E-state index contributed by atoms with van der Waals surface area (Å²) in [7, 11) is 1.48. The predicted octanol–water partition coefficient (Wildman–Crippen LogP) is 1.64. The van der Waals surface area contributed by atoms with Crippen LogP contribution in [-0.2, 0) is 11.0 Å². The van der Waals surface area contributed by atoms with Crippen molar-refractivity contribution in [1.82, 2.24) is 10.3 Å². The summed E-state index contributed by atoms with van der Waals surface area (Å²) in [6.07, 6.45) is -3.72. The summed E-state index contributed by atoms with van der Waals surface area (Å²) in [5, 5.41) is 2.63. The molecule has 0 fully saturated rings. The predicted molar refractivity (Wildman–Crippen MR) is 70.2 cm³/mol. The molecule has 0 aliphatic carbocycles. The molecule has 1 heterocycles. The topological polar surface area (TPSA) is 71.2 Å². The lowest BCUT2D eigenvalue weighted by Gasteiger charge is -2.19. The van der Waals surface area contributed by atoms with Gasteiger partial charge in [-0.15, -0.1) is 0 Å². The molecular formula is C12H17F3N4O. The van der Waals surface area contributed by atoms with Gasteiger partial charge in [-0.25, -0.2) is 4.98 Å². The van der Waals surface area contributed by atoms with Crippen LogP contribution in [0.3, 0.4) is 0 Å². The van der Waals surface area contributed by atoms with E-state index in [4.69, 9.17) is 5.73 Å². The van der Waals surface area contributed by atoms with E-state index in [1.54, 1.807) is 0 Å². The van der Waals surface area contributed by atoms with E-state index in [2.05, 4.69) is 10.3 Å². The number of carbonyl (C=O) groups is 1. The monoisotopic (exact) mass is 290 g/mol. The lowest BCUT2D eigenvalue weighted by molar-refractivity contribution is -0.137. The van der Waals surface area contributed by atoms with Crippen LogP contribution in [0.2, 0.25) is 0 Å². The van der Waals surface area contributed by atoms with Crippen molar-refractivity contribution in [3.8, 4) is 0 Å². The molecule has 0 bridgehead atoms. The lowest BCUT2D eigenvalue weighted by Crippen LogP contribution is -2.36. The molecule has 0 aliphatic heterocycles. The number of carbonyl (C=O) groups excluding carboxylic acids is 1. The zero-order chi connectivity index (χ0) is 15.3. The van der Waals surface area contributed by atoms with Gasteiger partial charge in [-0.3, -0.25) is 4.79 Å². The molecule has 20 heavy (non-hydrogen) atoms. The summed E-state index contributed by atoms with van der Waals surface area (Å²) in [6, 6.07) is 1.62. The van der Waals surface area contributed by atoms with Crippen molar-refractivity contribution in [2.24, 2.45) is 0 Å². The smallest absolute Gasteiger partial charge is 0.384 e. The first-order valence-corrected chi connectivity index (χ1v) is 6.06. The minimum absolute atomic E-state index is 0.00368. The molecule has 1 rings (SSSR count). The van der Waals surface area contributed by atoms with Crippen LogP contribution < -0.4 is 16.0 Å². The van der Waals surface area contributed by atoms with Crippen LogP contribution in [0.15, 0.2) is 12.1 Å². The molecule has 0 aliphatic rings. The molecule has 1 aromatic rings. The lowest BCUT2D eigenvalue weighted by atomic mass is 10.2. The number of pyridine rings is 1. The molecule has 112 valence electrons. The van der Waals surface area contributed by atoms with Crippen molar-refractivity contribution < 1.29 is 18.0 Å². The Balaban J connectivity index is 2.85. The van der Waals surface area contributed by atoms with Gasteiger partial charge in [-0.2, -0.15) is 13.2 Å². The number of hydrogen-bond donors (Lipinski definition) is 2. The number of nitrogens with one attached hydrogen (secondary N) is 1. The van der Waals surface area contributed by atoms with E-state index in [9.17, 15) is 18.0 Å². The summed E-state index contributed by atoms with van der Waals surface area (Å²) in [6.45, 7) is 2.33. The highest BCUT2D eigenvalue weighted by Crippen LogP contribution is 2.32. The maximum absolute atomic E-state index is 12.7. The van der Waals surface area contributed by atoms with Crippen LogP contribution in [0.5, 0.6) is 0 Å². The van der Waals surface area contributed by atoms with Crippen molar-refractivity contribution in [1.29, 1.82) is 0 Å². The summed E-state index contributed by atoms with van der Waals surface area (Å²) in [5.74, 6) is -0.522. The Hall–Kier alpha value is -1.99. The number of rotatable bonds is 5. The molecule has 0 spiro atoms. The van der Waals surface area contributed by atoms with E-state index in [1.807, 2.05) is 6.92 Å². The minimum atomic E-state index is -4.50. The second-order valence-corrected chi connectivity index (χ2v) is 4.34. The largest absolute Gasteiger partial charge is 0.416 e. The summed E-state index contributed by atoms with van der Waals surface area (Å²) in [5.41, 5.74) is 4.48. The van der Waals surface area contributed by atoms with Gasteiger partial charge in [0, 0.05) is 13.6 Å². The number of alkyl halides is 3. The Bertz CT molecular complexity index is 476. The molecule has 0 saturated heterocycles. The standard InChI is InChI=1S/C12H17F3N4O/c1-3-4-17-11(20)7-19(2)10-6-8(12(13,14)15)5-9(16)18-10/h5-6H,3-4,7H2,1-2H3,(H2,16,18)(H,17,20). The number of nitrogens with zero attached hydrogens (tertiary/aromatic N) is 2. The second kappa shape index (κ2) is 6.44. The third-order valence-corrected chi connectivity index (χ3v) is 2.50. The molecule has 3 N–H and O–H groups in total. The van der Waals surface area contributed by atoms with Gasteiger partial charge in [0.25, 0.3) is 0 Å². The van der Waals surface area contributed by atoms with Crippen LogP contribution >= 0.6 is 0 Å². The van der Waals surface area contributed by atoms with E-state index >= 15 is 0 Å². The van der Waals surface area contributed by atoms with E-state index < -0.39 is 11.7 Å². The maximum Gasteiger partial charge on any atom is 0.416 e. The molecular weight excluding hydrogens is 273 g/mol. The number of aromatic nitrogens is 1. The molecule has 0 atom stereocenters. The van der Waals surface area contributed by atoms with Gasteiger partial charge in [0.05, 0.1) is 12.1 Å². The Labute approximate surface area is 115 Å². The molecule has 0 unspecified atom stereocenters. The first-order valence-electron chi connectivity index (χ1n) is 6.06. The molecule has 1 aromatic heterocycles. The highest BCUT2D eigenvalue weighted by Gasteiger charge is 2.31. The van der Waals surface area contributed by atoms with Gasteiger partial charge in [-0.1, -0.05) is 6.92 Å². The highest BCUT2D eigenvalue weighted by atomic mass is 19.4. The van der Waals surface area contributed by atoms with Crippen LogP contribution in [0.4, 0.5) is 24.8 Å². The van der Waals surface area contributed by atoms with Gasteiger partial charge in [0.2, 0.25) is 5.91 Å². The quantitative estimate of drug-likeness (QED) is 0.865. The second-order valence-electron chi connectivity index (χ2n) is 4.34. The van der Waals surface area contributed by atoms with Gasteiger partial charge < -0.3 is 16.0 Å². The van der Waals surface area contributed by atoms with Crippen molar-refractivity contribution in [2.75, 3.05) is 30.8 Å². The fraction of sp³-hybridized carbons (Fsp3) is 0.500. The van der Waals surface area contributed by atoms with E-state index in [-0.39, 0.29) is 24.1 Å². The van der Waals surface area contributed by atoms with E-state index in [0.29, 0.717) is 6.54 Å². The fourth-order valence-electron chi connectivity index (χ4n) is 1.51. The fourth-order valence-corrected chi connectivity index (χ4v) is 1.51. The number of amides is 1. The molecule has 0 aromatic carbocycles. The van der Waals surface area contributed by atoms with Gasteiger partial charge in [0.1, 0.15) is 11.6 Å². The molecule has 1 amide bonds. The Morgan fingerprint density at radius 3 is 2.65 bits per heavy atom. The van der Waals surface area contributed by atoms with Gasteiger partial charge in [-0.05, 0) is 18.6 Å². The number of nitrogens with two attached hydrogens (primary N) is 1. The minimum Gasteiger partial charge on any atom is -0.384 e. The molecule has 5 nitrogen and oxygen atoms in total. The number of nitrogen functional groups attached to an aromatic ring is 1. The maximum atomic E-state index is 12.7. The molecule has 0 radical (unpaired) electrons. The highest BCUT2D eigenvalue weighted by molar-refractivity contribution is 5.80. The van der Waals surface area contributed by atoms with Crippen LogP contribution in [0.25, 0.3) is 0 Å². The number of halogens is 3. The summed E-state index contributed by atoms with van der Waals surface area (Å²) < 4.78 is 38.0. The average molecular weight is 290 g/mol. The summed E-state index contributed by atoms with van der Waals surface area (Å²) in [4.78, 5) is 16.6. The normalized spacial score (nSPS) is 11.2. The number of likely N-dealkylation sites (N-methyl/N-ethyl adjacent to an activating group) is 1. The summed E-state index contributed by atoms with van der Waals surface area (Å²) >= 11 is 0. The SMILES string of the molecule is CCCNC(=O)CN(C)c1cc(C(F)(F)F)cc(N)n1. The van der Waals surface area contributed by atoms with Crippen LogP contribution in [0, 0.1) is 0 Å². The molecule has 0 saturated carbocycles. The van der Waals surface area contributed by atoms with Crippen LogP contribution in [-0.4, -0.2) is 31.0 Å². The van der Waals surface area contributed by atoms with Crippen LogP contribution in [0.1, 0.15) is 18.9 Å². The first kappa shape index (κ1) is 16.1. The number of anilines is 2. The van der Waals surface area contributed by atoms with E-state index in [0.717, 1.165) is 18.6 Å². The van der Waals surface area contributed by atoms with Crippen molar-refractivity contribution >= 4 is 17.5 Å². The van der Waals surface area contributed by atoms with Crippen molar-refractivity contribution in [3.05, 3.63) is 17.7 Å². The third kappa shape index (κ3) is 4.60. The van der Waals surface area contributed by atoms with Crippen molar-refractivity contribution in [3.63, 3.8) is 0 Å².